The van der Waals surface area contributed by atoms with Gasteiger partial charge in [0.1, 0.15) is 4.60 Å². The lowest BCUT2D eigenvalue weighted by Crippen LogP contribution is -2.28. The summed E-state index contributed by atoms with van der Waals surface area (Å²) >= 11 is 3.22. The Morgan fingerprint density at radius 3 is 3.17 bits per heavy atom. The SMILES string of the molecule is O=C1CNc2ccc(Br)nc2N1. The third kappa shape index (κ3) is 1.27. The highest BCUT2D eigenvalue weighted by Gasteiger charge is 2.14. The standard InChI is InChI=1S/C7H6BrN3O/c8-5-2-1-4-7(10-5)11-6(12)3-9-4/h1-2,9H,3H2,(H,10,11,12). The minimum absolute atomic E-state index is 0.0619. The van der Waals surface area contributed by atoms with E-state index < -0.39 is 0 Å². The molecule has 2 rings (SSSR count). The zero-order valence-corrected chi connectivity index (χ0v) is 7.68. The van der Waals surface area contributed by atoms with Gasteiger partial charge in [-0.25, -0.2) is 4.98 Å². The molecule has 12 heavy (non-hydrogen) atoms. The molecule has 0 spiro atoms. The second-order valence-corrected chi connectivity index (χ2v) is 3.24. The van der Waals surface area contributed by atoms with E-state index in [0.717, 1.165) is 5.69 Å². The van der Waals surface area contributed by atoms with Crippen LogP contribution in [0.25, 0.3) is 0 Å². The summed E-state index contributed by atoms with van der Waals surface area (Å²) in [6.07, 6.45) is 0. The Morgan fingerprint density at radius 2 is 2.33 bits per heavy atom. The second-order valence-electron chi connectivity index (χ2n) is 2.43. The molecule has 4 nitrogen and oxygen atoms in total. The molecule has 0 fully saturated rings. The molecule has 1 aliphatic rings. The quantitative estimate of drug-likeness (QED) is 0.656. The van der Waals surface area contributed by atoms with Crippen LogP contribution in [0.4, 0.5) is 11.5 Å². The molecule has 0 aromatic carbocycles. The number of amides is 1. The number of carbonyl (C=O) groups is 1. The lowest BCUT2D eigenvalue weighted by atomic mass is 10.3. The summed E-state index contributed by atoms with van der Waals surface area (Å²) in [6.45, 7) is 0.316. The van der Waals surface area contributed by atoms with Gasteiger partial charge in [0.2, 0.25) is 5.91 Å². The van der Waals surface area contributed by atoms with E-state index in [9.17, 15) is 4.79 Å². The number of carbonyl (C=O) groups excluding carboxylic acids is 1. The zero-order valence-electron chi connectivity index (χ0n) is 6.10. The van der Waals surface area contributed by atoms with Crippen molar-refractivity contribution in [2.45, 2.75) is 0 Å². The van der Waals surface area contributed by atoms with Gasteiger partial charge in [-0.3, -0.25) is 4.79 Å². The third-order valence-electron chi connectivity index (χ3n) is 1.56. The lowest BCUT2D eigenvalue weighted by Gasteiger charge is -2.16. The molecule has 1 aromatic rings. The summed E-state index contributed by atoms with van der Waals surface area (Å²) in [6, 6.07) is 3.69. The smallest absolute Gasteiger partial charge is 0.244 e. The predicted molar refractivity (Wildman–Crippen MR) is 49.1 cm³/mol. The molecule has 0 aliphatic carbocycles. The number of rotatable bonds is 0. The van der Waals surface area contributed by atoms with Gasteiger partial charge in [-0.1, -0.05) is 0 Å². The number of nitrogens with zero attached hydrogens (tertiary/aromatic N) is 1. The van der Waals surface area contributed by atoms with E-state index in [1.54, 1.807) is 0 Å². The number of nitrogens with one attached hydrogen (secondary N) is 2. The summed E-state index contributed by atoms with van der Waals surface area (Å²) in [5.74, 6) is 0.522. The Kier molecular flexibility index (Phi) is 1.73. The Labute approximate surface area is 77.5 Å². The van der Waals surface area contributed by atoms with Crippen LogP contribution in [0.1, 0.15) is 0 Å². The molecular weight excluding hydrogens is 222 g/mol. The zero-order chi connectivity index (χ0) is 8.55. The molecule has 0 saturated heterocycles. The van der Waals surface area contributed by atoms with Crippen LogP contribution < -0.4 is 10.6 Å². The molecule has 2 heterocycles. The summed E-state index contributed by atoms with van der Waals surface area (Å²) in [7, 11) is 0. The van der Waals surface area contributed by atoms with E-state index in [2.05, 4.69) is 31.5 Å². The van der Waals surface area contributed by atoms with Crippen LogP contribution in [0.15, 0.2) is 16.7 Å². The van der Waals surface area contributed by atoms with Crippen molar-refractivity contribution in [1.29, 1.82) is 0 Å². The second kappa shape index (κ2) is 2.75. The van der Waals surface area contributed by atoms with Crippen molar-refractivity contribution >= 4 is 33.3 Å². The van der Waals surface area contributed by atoms with Gasteiger partial charge >= 0.3 is 0 Å². The average molecular weight is 228 g/mol. The van der Waals surface area contributed by atoms with E-state index in [4.69, 9.17) is 0 Å². The van der Waals surface area contributed by atoms with E-state index in [1.165, 1.54) is 0 Å². The maximum atomic E-state index is 10.9. The van der Waals surface area contributed by atoms with Crippen LogP contribution in [-0.4, -0.2) is 17.4 Å². The Bertz CT molecular complexity index is 339. The first-order chi connectivity index (χ1) is 5.75. The molecule has 0 bridgehead atoms. The number of aromatic nitrogens is 1. The summed E-state index contributed by atoms with van der Waals surface area (Å²) < 4.78 is 0.713. The van der Waals surface area contributed by atoms with Crippen LogP contribution >= 0.6 is 15.9 Å². The fraction of sp³-hybridized carbons (Fsp3) is 0.143. The maximum Gasteiger partial charge on any atom is 0.244 e. The molecule has 0 radical (unpaired) electrons. The number of halogens is 1. The highest BCUT2D eigenvalue weighted by Crippen LogP contribution is 2.23. The average Bonchev–Trinajstić information content (AvgIpc) is 2.03. The first-order valence-corrected chi connectivity index (χ1v) is 4.25. The van der Waals surface area contributed by atoms with Gasteiger partial charge in [-0.2, -0.15) is 0 Å². The summed E-state index contributed by atoms with van der Waals surface area (Å²) in [5, 5.41) is 5.60. The minimum Gasteiger partial charge on any atom is -0.373 e. The van der Waals surface area contributed by atoms with Crippen molar-refractivity contribution < 1.29 is 4.79 Å². The molecule has 62 valence electrons. The predicted octanol–water partition coefficient (Wildman–Crippen LogP) is 1.21. The van der Waals surface area contributed by atoms with Crippen molar-refractivity contribution in [2.24, 2.45) is 0 Å². The Balaban J connectivity index is 2.44. The summed E-state index contributed by atoms with van der Waals surface area (Å²) in [5.41, 5.74) is 0.859. The molecular formula is C7H6BrN3O. The maximum absolute atomic E-state index is 10.9. The molecule has 0 saturated carbocycles. The van der Waals surface area contributed by atoms with E-state index in [0.29, 0.717) is 17.0 Å². The fourth-order valence-electron chi connectivity index (χ4n) is 1.03. The van der Waals surface area contributed by atoms with Crippen LogP contribution in [0, 0.1) is 0 Å². The van der Waals surface area contributed by atoms with Crippen LogP contribution in [0.3, 0.4) is 0 Å². The van der Waals surface area contributed by atoms with Crippen molar-refractivity contribution in [2.75, 3.05) is 17.2 Å². The van der Waals surface area contributed by atoms with Crippen LogP contribution in [-0.2, 0) is 4.79 Å². The largest absolute Gasteiger partial charge is 0.373 e. The van der Waals surface area contributed by atoms with Gasteiger partial charge in [0.25, 0.3) is 0 Å². The summed E-state index contributed by atoms with van der Waals surface area (Å²) in [4.78, 5) is 15.0. The van der Waals surface area contributed by atoms with Gasteiger partial charge in [-0.05, 0) is 28.1 Å². The Morgan fingerprint density at radius 1 is 1.50 bits per heavy atom. The first kappa shape index (κ1) is 7.54. The number of hydrogen-bond acceptors (Lipinski definition) is 3. The normalized spacial score (nSPS) is 14.6. The van der Waals surface area contributed by atoms with E-state index >= 15 is 0 Å². The van der Waals surface area contributed by atoms with Gasteiger partial charge in [0.05, 0.1) is 12.2 Å². The van der Waals surface area contributed by atoms with Crippen molar-refractivity contribution in [3.63, 3.8) is 0 Å². The molecule has 1 amide bonds. The molecule has 0 unspecified atom stereocenters. The van der Waals surface area contributed by atoms with E-state index in [1.807, 2.05) is 12.1 Å². The van der Waals surface area contributed by atoms with E-state index in [-0.39, 0.29) is 5.91 Å². The lowest BCUT2D eigenvalue weighted by molar-refractivity contribution is -0.114. The molecule has 0 atom stereocenters. The molecule has 1 aliphatic heterocycles. The number of hydrogen-bond donors (Lipinski definition) is 2. The van der Waals surface area contributed by atoms with Gasteiger partial charge in [-0.15, -0.1) is 0 Å². The number of pyridine rings is 1. The first-order valence-electron chi connectivity index (χ1n) is 3.46. The van der Waals surface area contributed by atoms with Gasteiger partial charge in [0.15, 0.2) is 5.82 Å². The number of fused-ring (bicyclic) bond motifs is 1. The monoisotopic (exact) mass is 227 g/mol. The van der Waals surface area contributed by atoms with Crippen LogP contribution in [0.5, 0.6) is 0 Å². The Hall–Kier alpha value is -1.10. The highest BCUT2D eigenvalue weighted by atomic mass is 79.9. The van der Waals surface area contributed by atoms with Gasteiger partial charge in [0, 0.05) is 0 Å². The topological polar surface area (TPSA) is 54.0 Å². The van der Waals surface area contributed by atoms with Gasteiger partial charge < -0.3 is 10.6 Å². The minimum atomic E-state index is -0.0619. The highest BCUT2D eigenvalue weighted by molar-refractivity contribution is 9.10. The van der Waals surface area contributed by atoms with Crippen molar-refractivity contribution in [3.8, 4) is 0 Å². The van der Waals surface area contributed by atoms with Crippen LogP contribution in [0.2, 0.25) is 0 Å². The number of anilines is 2. The third-order valence-corrected chi connectivity index (χ3v) is 2.00. The fourth-order valence-corrected chi connectivity index (χ4v) is 1.33. The van der Waals surface area contributed by atoms with Crippen molar-refractivity contribution in [3.05, 3.63) is 16.7 Å². The molecule has 2 N–H and O–H groups in total. The van der Waals surface area contributed by atoms with Crippen molar-refractivity contribution in [1.82, 2.24) is 4.98 Å². The molecule has 5 heteroatoms. The molecule has 1 aromatic heterocycles.